The highest BCUT2D eigenvalue weighted by Crippen LogP contribution is 2.28. The van der Waals surface area contributed by atoms with Crippen LogP contribution in [0.4, 0.5) is 5.82 Å². The summed E-state index contributed by atoms with van der Waals surface area (Å²) in [6.07, 6.45) is 0. The Balaban J connectivity index is 3.05. The van der Waals surface area contributed by atoms with E-state index < -0.39 is 0 Å². The summed E-state index contributed by atoms with van der Waals surface area (Å²) in [5.74, 6) is 0.911. The molecule has 0 radical (unpaired) electrons. The zero-order chi connectivity index (χ0) is 10.0. The van der Waals surface area contributed by atoms with Crippen LogP contribution in [0, 0.1) is 0 Å². The van der Waals surface area contributed by atoms with Gasteiger partial charge in [-0.05, 0) is 21.8 Å². The van der Waals surface area contributed by atoms with Crippen LogP contribution in [0.1, 0.15) is 25.5 Å². The largest absolute Gasteiger partial charge is 0.394 e. The minimum Gasteiger partial charge on any atom is -0.394 e. The number of aromatic nitrogens is 2. The van der Waals surface area contributed by atoms with Gasteiger partial charge >= 0.3 is 0 Å². The van der Waals surface area contributed by atoms with E-state index >= 15 is 0 Å². The molecule has 1 aromatic rings. The molecule has 0 aromatic carbocycles. The Hall–Kier alpha value is -0.550. The summed E-state index contributed by atoms with van der Waals surface area (Å²) < 4.78 is 2.45. The van der Waals surface area contributed by atoms with Crippen LogP contribution >= 0.6 is 15.9 Å². The second-order valence-electron chi connectivity index (χ2n) is 3.19. The van der Waals surface area contributed by atoms with Gasteiger partial charge in [0.25, 0.3) is 0 Å². The maximum absolute atomic E-state index is 8.75. The molecule has 1 aromatic heterocycles. The zero-order valence-electron chi connectivity index (χ0n) is 7.79. The van der Waals surface area contributed by atoms with Crippen molar-refractivity contribution < 1.29 is 5.11 Å². The molecule has 0 saturated heterocycles. The molecule has 3 N–H and O–H groups in total. The molecule has 13 heavy (non-hydrogen) atoms. The average Bonchev–Trinajstić information content (AvgIpc) is 2.33. The van der Waals surface area contributed by atoms with Crippen molar-refractivity contribution >= 4 is 21.7 Å². The fraction of sp³-hybridized carbons (Fsp3) is 0.625. The van der Waals surface area contributed by atoms with Crippen molar-refractivity contribution in [2.45, 2.75) is 26.3 Å². The number of rotatable bonds is 3. The molecular formula is C8H14BrN3O. The van der Waals surface area contributed by atoms with Crippen LogP contribution in [0.25, 0.3) is 0 Å². The van der Waals surface area contributed by atoms with Crippen LogP contribution in [0.15, 0.2) is 4.47 Å². The summed E-state index contributed by atoms with van der Waals surface area (Å²) in [6.45, 7) is 4.60. The molecule has 0 aliphatic carbocycles. The van der Waals surface area contributed by atoms with Crippen molar-refractivity contribution in [1.82, 2.24) is 9.78 Å². The SMILES string of the molecule is CC(C)c1nn(CCO)c(N)c1Br. The fourth-order valence-electron chi connectivity index (χ4n) is 1.11. The van der Waals surface area contributed by atoms with Crippen LogP contribution < -0.4 is 5.73 Å². The first-order chi connectivity index (χ1) is 6.07. The predicted molar refractivity (Wildman–Crippen MR) is 55.5 cm³/mol. The van der Waals surface area contributed by atoms with Crippen molar-refractivity contribution in [3.8, 4) is 0 Å². The normalized spacial score (nSPS) is 11.2. The highest BCUT2D eigenvalue weighted by Gasteiger charge is 2.14. The first-order valence-corrected chi connectivity index (χ1v) is 4.99. The summed E-state index contributed by atoms with van der Waals surface area (Å²) in [7, 11) is 0. The van der Waals surface area contributed by atoms with Crippen LogP contribution in [-0.4, -0.2) is 21.5 Å². The number of hydrogen-bond donors (Lipinski definition) is 2. The van der Waals surface area contributed by atoms with Gasteiger partial charge in [-0.3, -0.25) is 0 Å². The van der Waals surface area contributed by atoms with E-state index in [1.54, 1.807) is 4.68 Å². The van der Waals surface area contributed by atoms with Gasteiger partial charge in [-0.25, -0.2) is 4.68 Å². The number of halogens is 1. The number of nitrogen functional groups attached to an aromatic ring is 1. The molecule has 5 heteroatoms. The Bertz CT molecular complexity index is 296. The number of aliphatic hydroxyl groups excluding tert-OH is 1. The number of nitrogens with two attached hydrogens (primary N) is 1. The Morgan fingerprint density at radius 2 is 2.23 bits per heavy atom. The van der Waals surface area contributed by atoms with E-state index in [1.807, 2.05) is 0 Å². The molecule has 0 unspecified atom stereocenters. The molecule has 0 bridgehead atoms. The standard InChI is InChI=1S/C8H14BrN3O/c1-5(2)7-6(9)8(10)12(11-7)3-4-13/h5,13H,3-4,10H2,1-2H3. The third-order valence-electron chi connectivity index (χ3n) is 1.81. The van der Waals surface area contributed by atoms with Crippen molar-refractivity contribution in [3.63, 3.8) is 0 Å². The molecule has 0 aliphatic heterocycles. The van der Waals surface area contributed by atoms with Crippen molar-refractivity contribution in [1.29, 1.82) is 0 Å². The Labute approximate surface area is 85.9 Å². The van der Waals surface area contributed by atoms with E-state index in [2.05, 4.69) is 34.9 Å². The van der Waals surface area contributed by atoms with Gasteiger partial charge in [0, 0.05) is 0 Å². The number of anilines is 1. The van der Waals surface area contributed by atoms with Gasteiger partial charge in [-0.2, -0.15) is 5.10 Å². The Morgan fingerprint density at radius 1 is 1.62 bits per heavy atom. The van der Waals surface area contributed by atoms with Crippen LogP contribution in [0.3, 0.4) is 0 Å². The summed E-state index contributed by atoms with van der Waals surface area (Å²) in [5.41, 5.74) is 6.71. The minimum atomic E-state index is 0.0514. The number of hydrogen-bond acceptors (Lipinski definition) is 3. The summed E-state index contributed by atoms with van der Waals surface area (Å²) in [6, 6.07) is 0. The van der Waals surface area contributed by atoms with E-state index in [1.165, 1.54) is 0 Å². The molecule has 74 valence electrons. The molecule has 0 amide bonds. The maximum Gasteiger partial charge on any atom is 0.136 e. The summed E-state index contributed by atoms with van der Waals surface area (Å²) in [4.78, 5) is 0. The minimum absolute atomic E-state index is 0.0514. The van der Waals surface area contributed by atoms with E-state index in [0.29, 0.717) is 18.3 Å². The third kappa shape index (κ3) is 2.03. The molecule has 0 aliphatic rings. The second kappa shape index (κ2) is 4.11. The lowest BCUT2D eigenvalue weighted by molar-refractivity contribution is 0.270. The van der Waals surface area contributed by atoms with Gasteiger partial charge in [0.2, 0.25) is 0 Å². The first-order valence-electron chi connectivity index (χ1n) is 4.20. The average molecular weight is 248 g/mol. The fourth-order valence-corrected chi connectivity index (χ4v) is 1.85. The molecule has 1 rings (SSSR count). The van der Waals surface area contributed by atoms with E-state index in [4.69, 9.17) is 10.8 Å². The van der Waals surface area contributed by atoms with Gasteiger partial charge in [0.1, 0.15) is 5.82 Å². The van der Waals surface area contributed by atoms with E-state index in [-0.39, 0.29) is 6.61 Å². The zero-order valence-corrected chi connectivity index (χ0v) is 9.37. The predicted octanol–water partition coefficient (Wildman–Crippen LogP) is 1.34. The summed E-state index contributed by atoms with van der Waals surface area (Å²) >= 11 is 3.38. The van der Waals surface area contributed by atoms with Crippen LogP contribution in [-0.2, 0) is 6.54 Å². The third-order valence-corrected chi connectivity index (χ3v) is 2.63. The van der Waals surface area contributed by atoms with Gasteiger partial charge in [0.15, 0.2) is 0 Å². The van der Waals surface area contributed by atoms with E-state index in [0.717, 1.165) is 10.2 Å². The second-order valence-corrected chi connectivity index (χ2v) is 3.98. The Kier molecular flexibility index (Phi) is 3.33. The van der Waals surface area contributed by atoms with Crippen molar-refractivity contribution in [2.24, 2.45) is 0 Å². The smallest absolute Gasteiger partial charge is 0.136 e. The molecular weight excluding hydrogens is 234 g/mol. The highest BCUT2D eigenvalue weighted by molar-refractivity contribution is 9.10. The lowest BCUT2D eigenvalue weighted by Gasteiger charge is -1.99. The lowest BCUT2D eigenvalue weighted by Crippen LogP contribution is -2.07. The quantitative estimate of drug-likeness (QED) is 0.848. The monoisotopic (exact) mass is 247 g/mol. The van der Waals surface area contributed by atoms with Crippen LogP contribution in [0.2, 0.25) is 0 Å². The van der Waals surface area contributed by atoms with Crippen molar-refractivity contribution in [2.75, 3.05) is 12.3 Å². The van der Waals surface area contributed by atoms with Crippen LogP contribution in [0.5, 0.6) is 0 Å². The molecule has 0 saturated carbocycles. The van der Waals surface area contributed by atoms with Gasteiger partial charge in [-0.15, -0.1) is 0 Å². The van der Waals surface area contributed by atoms with Gasteiger partial charge in [0.05, 0.1) is 23.3 Å². The van der Waals surface area contributed by atoms with E-state index in [9.17, 15) is 0 Å². The van der Waals surface area contributed by atoms with Gasteiger partial charge < -0.3 is 10.8 Å². The first kappa shape index (κ1) is 10.5. The molecule has 0 atom stereocenters. The molecule has 4 nitrogen and oxygen atoms in total. The number of aliphatic hydroxyl groups is 1. The lowest BCUT2D eigenvalue weighted by atomic mass is 10.1. The molecule has 1 heterocycles. The Morgan fingerprint density at radius 3 is 2.62 bits per heavy atom. The molecule has 0 spiro atoms. The maximum atomic E-state index is 8.75. The number of nitrogens with zero attached hydrogens (tertiary/aromatic N) is 2. The summed E-state index contributed by atoms with van der Waals surface area (Å²) in [5, 5.41) is 13.0. The molecule has 0 fully saturated rings. The van der Waals surface area contributed by atoms with Crippen molar-refractivity contribution in [3.05, 3.63) is 10.2 Å². The topological polar surface area (TPSA) is 64.1 Å². The highest BCUT2D eigenvalue weighted by atomic mass is 79.9. The van der Waals surface area contributed by atoms with Gasteiger partial charge in [-0.1, -0.05) is 13.8 Å².